The number of alkyl halides is 3. The molecule has 3 rings (SSSR count). The highest BCUT2D eigenvalue weighted by atomic mass is 19.4. The Kier molecular flexibility index (Phi) is 8.22. The van der Waals surface area contributed by atoms with E-state index in [1.165, 1.54) is 19.2 Å². The standard InChI is InChI=1S/C26H27F3N2O4/c1-4-18(14-25(32)33)19-7-11-22(23(13-19)34-3)35-24-12-10-21(15-30-24)31(2)16-17-5-8-20(9-6-17)26(27,28)29/h5-13,15,18H,4,14,16H2,1-3H3,(H,32,33). The number of methoxy groups -OCH3 is 1. The molecule has 186 valence electrons. The fraction of sp³-hybridized carbons (Fsp3) is 0.308. The van der Waals surface area contributed by atoms with E-state index in [4.69, 9.17) is 14.6 Å². The van der Waals surface area contributed by atoms with E-state index in [9.17, 15) is 18.0 Å². The van der Waals surface area contributed by atoms with Gasteiger partial charge in [0.1, 0.15) is 0 Å². The molecule has 0 amide bonds. The number of anilines is 1. The summed E-state index contributed by atoms with van der Waals surface area (Å²) >= 11 is 0. The van der Waals surface area contributed by atoms with Gasteiger partial charge in [0.05, 0.1) is 31.0 Å². The number of rotatable bonds is 10. The molecule has 0 fully saturated rings. The lowest BCUT2D eigenvalue weighted by atomic mass is 9.93. The van der Waals surface area contributed by atoms with E-state index in [1.807, 2.05) is 24.9 Å². The van der Waals surface area contributed by atoms with Crippen LogP contribution in [0.15, 0.2) is 60.8 Å². The number of halogens is 3. The van der Waals surface area contributed by atoms with Gasteiger partial charge in [-0.3, -0.25) is 4.79 Å². The number of carboxylic acids is 1. The van der Waals surface area contributed by atoms with E-state index in [0.717, 1.165) is 28.9 Å². The molecule has 35 heavy (non-hydrogen) atoms. The molecule has 0 saturated carbocycles. The molecule has 0 aliphatic carbocycles. The highest BCUT2D eigenvalue weighted by Gasteiger charge is 2.30. The number of benzene rings is 2. The number of aliphatic carboxylic acids is 1. The Hall–Kier alpha value is -3.75. The molecule has 9 heteroatoms. The molecule has 1 atom stereocenters. The minimum absolute atomic E-state index is 0.0306. The molecule has 0 aliphatic rings. The lowest BCUT2D eigenvalue weighted by molar-refractivity contribution is -0.138. The summed E-state index contributed by atoms with van der Waals surface area (Å²) in [6.07, 6.45) is -2.04. The summed E-state index contributed by atoms with van der Waals surface area (Å²) in [5.41, 5.74) is 1.67. The van der Waals surface area contributed by atoms with Crippen molar-refractivity contribution in [1.82, 2.24) is 4.98 Å². The Bertz CT molecular complexity index is 1130. The van der Waals surface area contributed by atoms with Crippen molar-refractivity contribution in [2.45, 2.75) is 38.4 Å². The molecule has 1 heterocycles. The minimum Gasteiger partial charge on any atom is -0.493 e. The quantitative estimate of drug-likeness (QED) is 0.351. The van der Waals surface area contributed by atoms with Gasteiger partial charge < -0.3 is 19.5 Å². The highest BCUT2D eigenvalue weighted by molar-refractivity contribution is 5.68. The number of carbonyl (C=O) groups is 1. The van der Waals surface area contributed by atoms with Crippen LogP contribution in [0.2, 0.25) is 0 Å². The lowest BCUT2D eigenvalue weighted by Crippen LogP contribution is -2.16. The van der Waals surface area contributed by atoms with E-state index < -0.39 is 17.7 Å². The maximum absolute atomic E-state index is 12.7. The number of aromatic nitrogens is 1. The Morgan fingerprint density at radius 1 is 1.09 bits per heavy atom. The molecule has 1 aromatic heterocycles. The van der Waals surface area contributed by atoms with Gasteiger partial charge in [0.2, 0.25) is 5.88 Å². The maximum atomic E-state index is 12.7. The average molecular weight is 489 g/mol. The van der Waals surface area contributed by atoms with Gasteiger partial charge in [-0.1, -0.05) is 25.1 Å². The largest absolute Gasteiger partial charge is 0.493 e. The van der Waals surface area contributed by atoms with Crippen molar-refractivity contribution < 1.29 is 32.5 Å². The molecule has 0 spiro atoms. The zero-order valence-electron chi connectivity index (χ0n) is 19.7. The summed E-state index contributed by atoms with van der Waals surface area (Å²) in [5, 5.41) is 9.13. The van der Waals surface area contributed by atoms with Crippen molar-refractivity contribution in [3.05, 3.63) is 77.5 Å². The summed E-state index contributed by atoms with van der Waals surface area (Å²) in [6, 6.07) is 13.9. The smallest absolute Gasteiger partial charge is 0.416 e. The van der Waals surface area contributed by atoms with Crippen molar-refractivity contribution in [1.29, 1.82) is 0 Å². The molecule has 6 nitrogen and oxygen atoms in total. The fourth-order valence-electron chi connectivity index (χ4n) is 3.67. The van der Waals surface area contributed by atoms with Crippen LogP contribution in [0.1, 0.15) is 42.4 Å². The Morgan fingerprint density at radius 2 is 1.80 bits per heavy atom. The maximum Gasteiger partial charge on any atom is 0.416 e. The molecule has 0 radical (unpaired) electrons. The van der Waals surface area contributed by atoms with Crippen LogP contribution in [-0.2, 0) is 17.5 Å². The lowest BCUT2D eigenvalue weighted by Gasteiger charge is -2.20. The van der Waals surface area contributed by atoms with Crippen LogP contribution in [0.25, 0.3) is 0 Å². The first-order valence-electron chi connectivity index (χ1n) is 11.0. The number of carboxylic acid groups (broad SMARTS) is 1. The predicted molar refractivity (Wildman–Crippen MR) is 126 cm³/mol. The number of pyridine rings is 1. The first-order valence-corrected chi connectivity index (χ1v) is 11.0. The number of nitrogens with zero attached hydrogens (tertiary/aromatic N) is 2. The second-order valence-corrected chi connectivity index (χ2v) is 8.12. The van der Waals surface area contributed by atoms with Crippen molar-refractivity contribution in [3.63, 3.8) is 0 Å². The number of hydrogen-bond donors (Lipinski definition) is 1. The highest BCUT2D eigenvalue weighted by Crippen LogP contribution is 2.36. The van der Waals surface area contributed by atoms with Gasteiger partial charge in [-0.2, -0.15) is 13.2 Å². The Morgan fingerprint density at radius 3 is 2.34 bits per heavy atom. The Balaban J connectivity index is 1.68. The normalized spacial score (nSPS) is 12.2. The summed E-state index contributed by atoms with van der Waals surface area (Å²) in [5.74, 6) is 0.258. The van der Waals surface area contributed by atoms with Crippen LogP contribution in [0.5, 0.6) is 17.4 Å². The van der Waals surface area contributed by atoms with E-state index in [-0.39, 0.29) is 12.3 Å². The van der Waals surface area contributed by atoms with Gasteiger partial charge in [0.15, 0.2) is 11.5 Å². The van der Waals surface area contributed by atoms with Crippen LogP contribution >= 0.6 is 0 Å². The third-order valence-corrected chi connectivity index (χ3v) is 5.65. The van der Waals surface area contributed by atoms with Crippen molar-refractivity contribution in [3.8, 4) is 17.4 Å². The first-order chi connectivity index (χ1) is 16.6. The molecule has 3 aromatic rings. The van der Waals surface area contributed by atoms with Gasteiger partial charge in [-0.15, -0.1) is 0 Å². The molecule has 0 aliphatic heterocycles. The van der Waals surface area contributed by atoms with Gasteiger partial charge in [0, 0.05) is 19.7 Å². The second kappa shape index (κ2) is 11.1. The SMILES string of the molecule is CCC(CC(=O)O)c1ccc(Oc2ccc(N(C)Cc3ccc(C(F)(F)F)cc3)cn2)c(OC)c1. The van der Waals surface area contributed by atoms with Crippen molar-refractivity contribution in [2.75, 3.05) is 19.1 Å². The first kappa shape index (κ1) is 25.9. The van der Waals surface area contributed by atoms with E-state index in [1.54, 1.807) is 30.5 Å². The third kappa shape index (κ3) is 6.88. The average Bonchev–Trinajstić information content (AvgIpc) is 2.83. The van der Waals surface area contributed by atoms with Crippen LogP contribution in [0, 0.1) is 0 Å². The summed E-state index contributed by atoms with van der Waals surface area (Å²) < 4.78 is 49.5. The molecular formula is C26H27F3N2O4. The van der Waals surface area contributed by atoms with Crippen LogP contribution in [0.4, 0.5) is 18.9 Å². The van der Waals surface area contributed by atoms with Gasteiger partial charge in [0.25, 0.3) is 0 Å². The van der Waals surface area contributed by atoms with Crippen LogP contribution in [-0.4, -0.2) is 30.2 Å². The monoisotopic (exact) mass is 488 g/mol. The Labute approximate surface area is 201 Å². The number of hydrogen-bond acceptors (Lipinski definition) is 5. The minimum atomic E-state index is -4.36. The summed E-state index contributed by atoms with van der Waals surface area (Å²) in [4.78, 5) is 17.3. The van der Waals surface area contributed by atoms with Gasteiger partial charge in [-0.25, -0.2) is 4.98 Å². The van der Waals surface area contributed by atoms with Crippen molar-refractivity contribution in [2.24, 2.45) is 0 Å². The zero-order valence-corrected chi connectivity index (χ0v) is 19.7. The summed E-state index contributed by atoms with van der Waals surface area (Å²) in [7, 11) is 3.33. The predicted octanol–water partition coefficient (Wildman–Crippen LogP) is 6.51. The van der Waals surface area contributed by atoms with Crippen molar-refractivity contribution >= 4 is 11.7 Å². The van der Waals surface area contributed by atoms with Gasteiger partial charge in [-0.05, 0) is 53.8 Å². The van der Waals surface area contributed by atoms with Gasteiger partial charge >= 0.3 is 12.1 Å². The van der Waals surface area contributed by atoms with Crippen LogP contribution < -0.4 is 14.4 Å². The third-order valence-electron chi connectivity index (χ3n) is 5.65. The molecular weight excluding hydrogens is 461 g/mol. The van der Waals surface area contributed by atoms with E-state index >= 15 is 0 Å². The van der Waals surface area contributed by atoms with E-state index in [2.05, 4.69) is 4.98 Å². The zero-order chi connectivity index (χ0) is 25.6. The fourth-order valence-corrected chi connectivity index (χ4v) is 3.67. The molecule has 0 saturated heterocycles. The van der Waals surface area contributed by atoms with E-state index in [0.29, 0.717) is 30.3 Å². The second-order valence-electron chi connectivity index (χ2n) is 8.12. The topological polar surface area (TPSA) is 71.9 Å². The summed E-state index contributed by atoms with van der Waals surface area (Å²) in [6.45, 7) is 2.34. The molecule has 2 aromatic carbocycles. The molecule has 1 unspecified atom stereocenters. The number of ether oxygens (including phenoxy) is 2. The molecule has 1 N–H and O–H groups in total. The van der Waals surface area contributed by atoms with Crippen LogP contribution in [0.3, 0.4) is 0 Å². The molecule has 0 bridgehead atoms.